The zero-order chi connectivity index (χ0) is 35.1. The minimum atomic E-state index is 0.690. The molecule has 8 aromatic carbocycles. The molecule has 0 fully saturated rings. The topological polar surface area (TPSA) is 38.9 Å². The van der Waals surface area contributed by atoms with Crippen LogP contribution in [0.4, 0.5) is 0 Å². The predicted molar refractivity (Wildman–Crippen MR) is 219 cm³/mol. The van der Waals surface area contributed by atoms with Crippen LogP contribution in [0.25, 0.3) is 100.0 Å². The molecule has 0 bridgehead atoms. The minimum Gasteiger partial charge on any atom is -0.456 e. The van der Waals surface area contributed by atoms with Crippen LogP contribution in [-0.4, -0.2) is 9.97 Å². The van der Waals surface area contributed by atoms with Crippen LogP contribution in [0.1, 0.15) is 0 Å². The number of rotatable bonds is 6. The van der Waals surface area contributed by atoms with E-state index in [-0.39, 0.29) is 0 Å². The summed E-state index contributed by atoms with van der Waals surface area (Å²) < 4.78 is 6.21. The number of para-hydroxylation sites is 1. The summed E-state index contributed by atoms with van der Waals surface area (Å²) in [5, 5.41) is 4.55. The van der Waals surface area contributed by atoms with Crippen LogP contribution in [0, 0.1) is 0 Å². The van der Waals surface area contributed by atoms with Crippen LogP contribution in [0.2, 0.25) is 0 Å². The van der Waals surface area contributed by atoms with E-state index in [1.165, 1.54) is 16.5 Å². The molecule has 0 aliphatic carbocycles. The molecular formula is C50H32N2O. The van der Waals surface area contributed by atoms with Gasteiger partial charge in [0.1, 0.15) is 11.2 Å². The number of hydrogen-bond donors (Lipinski definition) is 0. The summed E-state index contributed by atoms with van der Waals surface area (Å²) in [6.45, 7) is 0. The molecule has 0 unspecified atom stereocenters. The van der Waals surface area contributed by atoms with Gasteiger partial charge in [0.2, 0.25) is 0 Å². The molecule has 0 aliphatic heterocycles. The summed E-state index contributed by atoms with van der Waals surface area (Å²) in [6.07, 6.45) is 0. The second-order valence-corrected chi connectivity index (χ2v) is 13.4. The van der Waals surface area contributed by atoms with E-state index in [0.717, 1.165) is 77.7 Å². The van der Waals surface area contributed by atoms with Crippen LogP contribution in [0.3, 0.4) is 0 Å². The van der Waals surface area contributed by atoms with Gasteiger partial charge in [0, 0.05) is 27.5 Å². The molecule has 0 atom stereocenters. The molecule has 0 amide bonds. The van der Waals surface area contributed by atoms with Crippen LogP contribution >= 0.6 is 0 Å². The Labute approximate surface area is 307 Å². The molecule has 3 heteroatoms. The Bertz CT molecular complexity index is 2950. The Hall–Kier alpha value is -7.10. The first-order chi connectivity index (χ1) is 26.2. The lowest BCUT2D eigenvalue weighted by molar-refractivity contribution is 0.669. The van der Waals surface area contributed by atoms with E-state index in [0.29, 0.717) is 5.82 Å². The van der Waals surface area contributed by atoms with Crippen molar-refractivity contribution in [3.8, 4) is 67.3 Å². The number of hydrogen-bond acceptors (Lipinski definition) is 3. The molecule has 2 aromatic heterocycles. The Kier molecular flexibility index (Phi) is 7.47. The Balaban J connectivity index is 1.22. The highest BCUT2D eigenvalue weighted by Gasteiger charge is 2.16. The lowest BCUT2D eigenvalue weighted by Crippen LogP contribution is -1.97. The van der Waals surface area contributed by atoms with Crippen LogP contribution in [0.5, 0.6) is 0 Å². The third-order valence-electron chi connectivity index (χ3n) is 10.1. The first-order valence-electron chi connectivity index (χ1n) is 17.9. The van der Waals surface area contributed by atoms with Crippen molar-refractivity contribution in [2.45, 2.75) is 0 Å². The van der Waals surface area contributed by atoms with Crippen LogP contribution in [0.15, 0.2) is 199 Å². The lowest BCUT2D eigenvalue weighted by Gasteiger charge is -2.15. The summed E-state index contributed by atoms with van der Waals surface area (Å²) in [7, 11) is 0. The molecule has 0 aliphatic rings. The van der Waals surface area contributed by atoms with E-state index in [1.807, 2.05) is 18.2 Å². The molecule has 3 nitrogen and oxygen atoms in total. The van der Waals surface area contributed by atoms with E-state index in [9.17, 15) is 0 Å². The molecule has 0 radical (unpaired) electrons. The van der Waals surface area contributed by atoms with E-state index < -0.39 is 0 Å². The van der Waals surface area contributed by atoms with Crippen molar-refractivity contribution in [1.29, 1.82) is 0 Å². The molecule has 0 N–H and O–H groups in total. The average Bonchev–Trinajstić information content (AvgIpc) is 3.62. The fourth-order valence-electron chi connectivity index (χ4n) is 7.42. The summed E-state index contributed by atoms with van der Waals surface area (Å²) >= 11 is 0. The van der Waals surface area contributed by atoms with Crippen molar-refractivity contribution < 1.29 is 4.42 Å². The molecule has 0 saturated heterocycles. The summed E-state index contributed by atoms with van der Waals surface area (Å²) in [5.74, 6) is 0.690. The molecule has 0 spiro atoms. The predicted octanol–water partition coefficient (Wildman–Crippen LogP) is 13.5. The van der Waals surface area contributed by atoms with Gasteiger partial charge in [-0.1, -0.05) is 146 Å². The largest absolute Gasteiger partial charge is 0.456 e. The van der Waals surface area contributed by atoms with Gasteiger partial charge in [0.05, 0.1) is 11.4 Å². The molecular weight excluding hydrogens is 645 g/mol. The van der Waals surface area contributed by atoms with Gasteiger partial charge in [-0.2, -0.15) is 0 Å². The van der Waals surface area contributed by atoms with Crippen molar-refractivity contribution in [3.63, 3.8) is 0 Å². The van der Waals surface area contributed by atoms with Gasteiger partial charge in [-0.15, -0.1) is 0 Å². The second-order valence-electron chi connectivity index (χ2n) is 13.4. The number of fused-ring (bicyclic) bond motifs is 4. The monoisotopic (exact) mass is 676 g/mol. The Morgan fingerprint density at radius 3 is 1.70 bits per heavy atom. The quantitative estimate of drug-likeness (QED) is 0.176. The third kappa shape index (κ3) is 5.75. The van der Waals surface area contributed by atoms with Crippen molar-refractivity contribution in [2.75, 3.05) is 0 Å². The van der Waals surface area contributed by atoms with Crippen molar-refractivity contribution in [1.82, 2.24) is 9.97 Å². The maximum absolute atomic E-state index is 6.21. The highest BCUT2D eigenvalue weighted by atomic mass is 16.3. The highest BCUT2D eigenvalue weighted by Crippen LogP contribution is 2.40. The highest BCUT2D eigenvalue weighted by molar-refractivity contribution is 6.06. The molecule has 10 rings (SSSR count). The van der Waals surface area contributed by atoms with Crippen LogP contribution < -0.4 is 0 Å². The van der Waals surface area contributed by atoms with Gasteiger partial charge in [-0.3, -0.25) is 0 Å². The second kappa shape index (κ2) is 12.9. The van der Waals surface area contributed by atoms with E-state index in [2.05, 4.69) is 176 Å². The van der Waals surface area contributed by atoms with Crippen molar-refractivity contribution >= 4 is 32.7 Å². The Morgan fingerprint density at radius 2 is 0.887 bits per heavy atom. The summed E-state index contributed by atoms with van der Waals surface area (Å²) in [4.78, 5) is 10.5. The van der Waals surface area contributed by atoms with Gasteiger partial charge in [-0.25, -0.2) is 9.97 Å². The molecule has 248 valence electrons. The lowest BCUT2D eigenvalue weighted by atomic mass is 9.90. The smallest absolute Gasteiger partial charge is 0.160 e. The Morgan fingerprint density at radius 1 is 0.302 bits per heavy atom. The van der Waals surface area contributed by atoms with Gasteiger partial charge >= 0.3 is 0 Å². The van der Waals surface area contributed by atoms with E-state index in [1.54, 1.807) is 0 Å². The third-order valence-corrected chi connectivity index (χ3v) is 10.1. The van der Waals surface area contributed by atoms with Gasteiger partial charge < -0.3 is 4.42 Å². The molecule has 53 heavy (non-hydrogen) atoms. The molecule has 2 heterocycles. The fraction of sp³-hybridized carbons (Fsp3) is 0. The maximum Gasteiger partial charge on any atom is 0.160 e. The fourth-order valence-corrected chi connectivity index (χ4v) is 7.42. The number of furan rings is 1. The number of benzene rings is 8. The number of aromatic nitrogens is 2. The average molecular weight is 677 g/mol. The van der Waals surface area contributed by atoms with E-state index in [4.69, 9.17) is 14.4 Å². The van der Waals surface area contributed by atoms with Crippen molar-refractivity contribution in [3.05, 3.63) is 194 Å². The van der Waals surface area contributed by atoms with Gasteiger partial charge in [0.25, 0.3) is 0 Å². The van der Waals surface area contributed by atoms with Crippen molar-refractivity contribution in [2.24, 2.45) is 0 Å². The van der Waals surface area contributed by atoms with E-state index >= 15 is 0 Å². The zero-order valence-corrected chi connectivity index (χ0v) is 28.8. The van der Waals surface area contributed by atoms with Crippen LogP contribution in [-0.2, 0) is 0 Å². The minimum absolute atomic E-state index is 0.690. The SMILES string of the molecule is c1ccc(-c2cc(-c3cc(-c4ccc5oc6ccccc6c5c4)cc(-c4ccccc4-c4ccccc4)c3)nc(-c3ccc4ccccc4c3)n2)cc1. The normalized spacial score (nSPS) is 11.4. The first kappa shape index (κ1) is 30.7. The molecule has 0 saturated carbocycles. The zero-order valence-electron chi connectivity index (χ0n) is 28.8. The standard InChI is InChI=1S/C50H32N2O/c1-3-14-34(15-4-1)42-19-9-10-20-43(42)40-28-39(37-25-26-49-45(31-37)44-21-11-12-22-48(44)53-49)29-41(30-40)47-32-46(35-16-5-2-6-17-35)51-50(52-47)38-24-23-33-13-7-8-18-36(33)27-38/h1-32H. The number of nitrogens with zero attached hydrogens (tertiary/aromatic N) is 2. The summed E-state index contributed by atoms with van der Waals surface area (Å²) in [6, 6.07) is 68.2. The maximum atomic E-state index is 6.21. The first-order valence-corrected chi connectivity index (χ1v) is 17.9. The molecule has 10 aromatic rings. The summed E-state index contributed by atoms with van der Waals surface area (Å²) in [5.41, 5.74) is 13.4. The van der Waals surface area contributed by atoms with Gasteiger partial charge in [0.15, 0.2) is 5.82 Å². The van der Waals surface area contributed by atoms with Gasteiger partial charge in [-0.05, 0) is 92.7 Å².